The zero-order valence-corrected chi connectivity index (χ0v) is 18.2. The summed E-state index contributed by atoms with van der Waals surface area (Å²) in [4.78, 5) is 31.0. The lowest BCUT2D eigenvalue weighted by Gasteiger charge is -2.31. The first kappa shape index (κ1) is 21.2. The van der Waals surface area contributed by atoms with E-state index in [9.17, 15) is 9.59 Å². The largest absolute Gasteiger partial charge is 0.450 e. The Kier molecular flexibility index (Phi) is 6.76. The van der Waals surface area contributed by atoms with Gasteiger partial charge in [-0.25, -0.2) is 9.78 Å². The van der Waals surface area contributed by atoms with Gasteiger partial charge in [0, 0.05) is 30.4 Å². The molecule has 1 saturated heterocycles. The molecule has 0 atom stereocenters. The maximum absolute atomic E-state index is 12.9. The van der Waals surface area contributed by atoms with Crippen LogP contribution in [0.1, 0.15) is 35.7 Å². The van der Waals surface area contributed by atoms with E-state index in [0.717, 1.165) is 16.7 Å². The molecule has 0 radical (unpaired) electrons. The Labute approximate surface area is 185 Å². The molecule has 8 heteroatoms. The Bertz CT molecular complexity index is 1030. The number of thioether (sulfide) groups is 1. The van der Waals surface area contributed by atoms with Crippen LogP contribution in [-0.4, -0.2) is 47.6 Å². The van der Waals surface area contributed by atoms with Crippen molar-refractivity contribution in [3.8, 4) is 0 Å². The quantitative estimate of drug-likeness (QED) is 0.571. The number of carbonyl (C=O) groups excluding carboxylic acids is 2. The Balaban J connectivity index is 1.35. The number of para-hydroxylation sites is 2. The molecule has 0 saturated carbocycles. The molecule has 1 aliphatic rings. The van der Waals surface area contributed by atoms with Crippen molar-refractivity contribution in [2.75, 3.05) is 19.7 Å². The molecule has 31 heavy (non-hydrogen) atoms. The van der Waals surface area contributed by atoms with Crippen LogP contribution < -0.4 is 5.32 Å². The summed E-state index contributed by atoms with van der Waals surface area (Å²) in [5, 5.41) is 3.71. The average molecular weight is 440 g/mol. The number of benzene rings is 2. The van der Waals surface area contributed by atoms with Gasteiger partial charge in [-0.3, -0.25) is 4.79 Å². The second-order valence-corrected chi connectivity index (χ2v) is 8.25. The second kappa shape index (κ2) is 9.87. The summed E-state index contributed by atoms with van der Waals surface area (Å²) < 4.78 is 10.8. The predicted octanol–water partition coefficient (Wildman–Crippen LogP) is 4.47. The Morgan fingerprint density at radius 3 is 2.68 bits per heavy atom. The number of hydrogen-bond acceptors (Lipinski definition) is 6. The fraction of sp³-hybridized carbons (Fsp3) is 0.348. The summed E-state index contributed by atoms with van der Waals surface area (Å²) in [6, 6.07) is 15.3. The van der Waals surface area contributed by atoms with Crippen LogP contribution in [0.4, 0.5) is 4.79 Å². The number of fused-ring (bicyclic) bond motifs is 1. The maximum atomic E-state index is 12.9. The fourth-order valence-corrected chi connectivity index (χ4v) is 4.45. The normalized spacial score (nSPS) is 14.5. The van der Waals surface area contributed by atoms with Gasteiger partial charge >= 0.3 is 6.09 Å². The highest BCUT2D eigenvalue weighted by Gasteiger charge is 2.25. The van der Waals surface area contributed by atoms with Gasteiger partial charge in [-0.15, -0.1) is 0 Å². The first-order chi connectivity index (χ1) is 15.1. The van der Waals surface area contributed by atoms with Crippen LogP contribution in [0, 0.1) is 0 Å². The minimum absolute atomic E-state index is 0.0379. The van der Waals surface area contributed by atoms with E-state index in [4.69, 9.17) is 9.15 Å². The lowest BCUT2D eigenvalue weighted by molar-refractivity contribution is 0.0859. The first-order valence-corrected chi connectivity index (χ1v) is 11.4. The molecule has 1 fully saturated rings. The summed E-state index contributed by atoms with van der Waals surface area (Å²) in [5.74, 6) is 0.487. The summed E-state index contributed by atoms with van der Waals surface area (Å²) in [6.45, 7) is 3.33. The Morgan fingerprint density at radius 1 is 1.16 bits per heavy atom. The highest BCUT2D eigenvalue weighted by Crippen LogP contribution is 2.27. The van der Waals surface area contributed by atoms with Crippen molar-refractivity contribution in [3.05, 3.63) is 59.7 Å². The standard InChI is InChI=1S/C23H25N3O4S/c1-2-29-23(28)26-13-11-17(12-14-26)24-21(27)18-8-4-3-7-16(18)15-31-22-25-19-9-5-6-10-20(19)30-22/h3-10,17H,2,11-15H2,1H3,(H,24,27). The number of carbonyl (C=O) groups is 2. The summed E-state index contributed by atoms with van der Waals surface area (Å²) in [7, 11) is 0. The van der Waals surface area contributed by atoms with E-state index in [0.29, 0.717) is 49.1 Å². The van der Waals surface area contributed by atoms with Crippen LogP contribution >= 0.6 is 11.8 Å². The molecule has 2 aromatic carbocycles. The lowest BCUT2D eigenvalue weighted by atomic mass is 10.0. The second-order valence-electron chi connectivity index (χ2n) is 7.33. The molecular formula is C23H25N3O4S. The van der Waals surface area contributed by atoms with Gasteiger partial charge in [0.25, 0.3) is 11.1 Å². The number of likely N-dealkylation sites (tertiary alicyclic amines) is 1. The SMILES string of the molecule is CCOC(=O)N1CCC(NC(=O)c2ccccc2CSc2nc3ccccc3o2)CC1. The molecule has 2 heterocycles. The van der Waals surface area contributed by atoms with E-state index in [1.165, 1.54) is 11.8 Å². The van der Waals surface area contributed by atoms with E-state index >= 15 is 0 Å². The summed E-state index contributed by atoms with van der Waals surface area (Å²) >= 11 is 1.47. The number of oxazole rings is 1. The molecule has 1 N–H and O–H groups in total. The molecule has 0 bridgehead atoms. The fourth-order valence-electron chi connectivity index (χ4n) is 3.60. The molecule has 0 aliphatic carbocycles. The van der Waals surface area contributed by atoms with Gasteiger partial charge in [-0.1, -0.05) is 42.1 Å². The number of aromatic nitrogens is 1. The van der Waals surface area contributed by atoms with Crippen LogP contribution in [0.25, 0.3) is 11.1 Å². The highest BCUT2D eigenvalue weighted by atomic mass is 32.2. The smallest absolute Gasteiger partial charge is 0.409 e. The number of amides is 2. The van der Waals surface area contributed by atoms with Crippen molar-refractivity contribution in [1.29, 1.82) is 0 Å². The number of rotatable bonds is 6. The average Bonchev–Trinajstić information content (AvgIpc) is 3.21. The van der Waals surface area contributed by atoms with Crippen molar-refractivity contribution in [2.45, 2.75) is 36.8 Å². The lowest BCUT2D eigenvalue weighted by Crippen LogP contribution is -2.46. The molecule has 7 nitrogen and oxygen atoms in total. The molecule has 1 aromatic heterocycles. The topological polar surface area (TPSA) is 84.7 Å². The zero-order chi connectivity index (χ0) is 21.6. The van der Waals surface area contributed by atoms with E-state index in [1.807, 2.05) is 48.5 Å². The molecular weight excluding hydrogens is 414 g/mol. The van der Waals surface area contributed by atoms with Gasteiger partial charge < -0.3 is 19.4 Å². The van der Waals surface area contributed by atoms with Crippen LogP contribution in [-0.2, 0) is 10.5 Å². The van der Waals surface area contributed by atoms with E-state index < -0.39 is 0 Å². The van der Waals surface area contributed by atoms with E-state index in [2.05, 4.69) is 10.3 Å². The molecule has 2 amide bonds. The minimum Gasteiger partial charge on any atom is -0.450 e. The monoisotopic (exact) mass is 439 g/mol. The Hall–Kier alpha value is -3.00. The Morgan fingerprint density at radius 2 is 1.90 bits per heavy atom. The highest BCUT2D eigenvalue weighted by molar-refractivity contribution is 7.98. The van der Waals surface area contributed by atoms with Gasteiger partial charge in [0.2, 0.25) is 0 Å². The number of piperidine rings is 1. The number of ether oxygens (including phenoxy) is 1. The first-order valence-electron chi connectivity index (χ1n) is 10.4. The van der Waals surface area contributed by atoms with Gasteiger partial charge in [0.05, 0.1) is 6.61 Å². The van der Waals surface area contributed by atoms with E-state index in [-0.39, 0.29) is 18.0 Å². The van der Waals surface area contributed by atoms with Crippen LogP contribution in [0.2, 0.25) is 0 Å². The number of nitrogens with one attached hydrogen (secondary N) is 1. The third-order valence-corrected chi connectivity index (χ3v) is 6.12. The van der Waals surface area contributed by atoms with Crippen molar-refractivity contribution < 1.29 is 18.7 Å². The van der Waals surface area contributed by atoms with Crippen molar-refractivity contribution in [2.24, 2.45) is 0 Å². The molecule has 4 rings (SSSR count). The van der Waals surface area contributed by atoms with Crippen LogP contribution in [0.3, 0.4) is 0 Å². The molecule has 3 aromatic rings. The van der Waals surface area contributed by atoms with Gasteiger partial charge in [-0.2, -0.15) is 0 Å². The van der Waals surface area contributed by atoms with Gasteiger partial charge in [0.1, 0.15) is 5.52 Å². The zero-order valence-electron chi connectivity index (χ0n) is 17.4. The predicted molar refractivity (Wildman–Crippen MR) is 119 cm³/mol. The van der Waals surface area contributed by atoms with Crippen molar-refractivity contribution in [3.63, 3.8) is 0 Å². The maximum Gasteiger partial charge on any atom is 0.409 e. The van der Waals surface area contributed by atoms with Crippen LogP contribution in [0.15, 0.2) is 58.2 Å². The third-order valence-electron chi connectivity index (χ3n) is 5.24. The number of hydrogen-bond donors (Lipinski definition) is 1. The minimum atomic E-state index is -0.283. The molecule has 162 valence electrons. The molecule has 0 unspecified atom stereocenters. The molecule has 1 aliphatic heterocycles. The third kappa shape index (κ3) is 5.19. The van der Waals surface area contributed by atoms with Crippen molar-refractivity contribution >= 4 is 34.9 Å². The van der Waals surface area contributed by atoms with E-state index in [1.54, 1.807) is 11.8 Å². The van der Waals surface area contributed by atoms with Gasteiger partial charge in [0.15, 0.2) is 5.58 Å². The molecule has 0 spiro atoms. The van der Waals surface area contributed by atoms with Gasteiger partial charge in [-0.05, 0) is 43.5 Å². The number of nitrogens with zero attached hydrogens (tertiary/aromatic N) is 2. The summed E-state index contributed by atoms with van der Waals surface area (Å²) in [5.41, 5.74) is 3.16. The summed E-state index contributed by atoms with van der Waals surface area (Å²) in [6.07, 6.45) is 1.14. The van der Waals surface area contributed by atoms with Crippen LogP contribution in [0.5, 0.6) is 0 Å². The van der Waals surface area contributed by atoms with Crippen molar-refractivity contribution in [1.82, 2.24) is 15.2 Å².